The van der Waals surface area contributed by atoms with Gasteiger partial charge in [-0.1, -0.05) is 58.4 Å². The highest BCUT2D eigenvalue weighted by Gasteiger charge is 2.49. The molecule has 0 bridgehead atoms. The first-order valence-corrected chi connectivity index (χ1v) is 27.8. The van der Waals surface area contributed by atoms with Crippen LogP contribution in [-0.4, -0.2) is 92.2 Å². The Bertz CT molecular complexity index is 2990. The van der Waals surface area contributed by atoms with Gasteiger partial charge in [0.15, 0.2) is 11.4 Å². The minimum absolute atomic E-state index is 0.0195. The van der Waals surface area contributed by atoms with Crippen LogP contribution in [0.2, 0.25) is 0 Å². The van der Waals surface area contributed by atoms with Crippen LogP contribution in [0.3, 0.4) is 0 Å². The quantitative estimate of drug-likeness (QED) is 0.0668. The number of carbonyl (C=O) groups excluding carboxylic acids is 1. The molecule has 3 aromatic carbocycles. The number of nitro groups is 1. The van der Waals surface area contributed by atoms with E-state index in [9.17, 15) is 23.3 Å². The molecule has 1 spiro atoms. The molecule has 5 aliphatic rings. The molecular weight excluding hydrogens is 950 g/mol. The Morgan fingerprint density at radius 3 is 2.48 bits per heavy atom. The van der Waals surface area contributed by atoms with E-state index in [-0.39, 0.29) is 69.4 Å². The summed E-state index contributed by atoms with van der Waals surface area (Å²) in [5.41, 5.74) is 4.54. The van der Waals surface area contributed by atoms with E-state index >= 15 is 4.39 Å². The number of sulfonamides is 1. The van der Waals surface area contributed by atoms with Crippen molar-refractivity contribution in [2.24, 2.45) is 16.7 Å². The van der Waals surface area contributed by atoms with E-state index in [0.29, 0.717) is 42.1 Å². The molecule has 0 radical (unpaired) electrons. The molecule has 0 unspecified atom stereocenters. The summed E-state index contributed by atoms with van der Waals surface area (Å²) in [4.78, 5) is 38.4. The van der Waals surface area contributed by atoms with E-state index in [1.165, 1.54) is 54.8 Å². The number of nitro benzene ring substituents is 1. The number of nitrogens with zero attached hydrogens (tertiary/aromatic N) is 4. The SMILES string of the molecule is CO[C@H](C)CCc1nc2[nH]cc(F)c2cc1Oc1cc(N2CCC3(CC2)CN([C@@H]2CCC[C@@H]2c2ccccc2C(C)C)C3)ccc1C(=O)NS(=O)(=O)c1cc2c(c([N+](=O)[O-])c1)N[C@@H](C1CCC(C)(C)CC1)CO2. The Labute approximate surface area is 428 Å². The Hall–Kier alpha value is -5.78. The Balaban J connectivity index is 0.904. The second-order valence-electron chi connectivity index (χ2n) is 22.7. The number of nitrogens with one attached hydrogen (secondary N) is 3. The van der Waals surface area contributed by atoms with Gasteiger partial charge < -0.3 is 29.4 Å². The number of likely N-dealkylation sites (tertiary alicyclic amines) is 1. The van der Waals surface area contributed by atoms with Crippen LogP contribution in [0.1, 0.15) is 138 Å². The van der Waals surface area contributed by atoms with Gasteiger partial charge in [0.2, 0.25) is 0 Å². The minimum Gasteiger partial charge on any atom is -0.489 e. The number of amides is 1. The summed E-state index contributed by atoms with van der Waals surface area (Å²) >= 11 is 0. The molecule has 2 aromatic heterocycles. The number of halogens is 1. The van der Waals surface area contributed by atoms with E-state index < -0.39 is 37.3 Å². The second kappa shape index (κ2) is 20.2. The predicted octanol–water partition coefficient (Wildman–Crippen LogP) is 11.2. The summed E-state index contributed by atoms with van der Waals surface area (Å²) in [6.45, 7) is 14.9. The largest absolute Gasteiger partial charge is 0.489 e. The summed E-state index contributed by atoms with van der Waals surface area (Å²) in [7, 11) is -3.11. The van der Waals surface area contributed by atoms with Gasteiger partial charge in [-0.25, -0.2) is 22.5 Å². The van der Waals surface area contributed by atoms with Crippen molar-refractivity contribution in [2.45, 2.75) is 140 Å². The highest BCUT2D eigenvalue weighted by molar-refractivity contribution is 7.90. The lowest BCUT2D eigenvalue weighted by Crippen LogP contribution is -2.63. The van der Waals surface area contributed by atoms with Gasteiger partial charge in [-0.15, -0.1) is 0 Å². The molecule has 4 atom stereocenters. The fourth-order valence-electron chi connectivity index (χ4n) is 12.4. The average molecular weight is 1020 g/mol. The molecule has 2 saturated carbocycles. The topological polar surface area (TPSA) is 181 Å². The van der Waals surface area contributed by atoms with Crippen molar-refractivity contribution in [1.82, 2.24) is 19.6 Å². The van der Waals surface area contributed by atoms with E-state index in [0.717, 1.165) is 76.5 Å². The molecule has 5 heterocycles. The van der Waals surface area contributed by atoms with Gasteiger partial charge in [-0.3, -0.25) is 19.8 Å². The standard InChI is InChI=1S/C56H70FN7O8S/c1-34(2)39-10-7-8-11-40(39)41-12-9-13-47(41)63-32-56(33-63)22-24-62(25-23-56)37-15-16-42(49(26-37)72-50-29-43-44(57)30-58-53(43)60-45(50)17-14-35(3)70-6)54(65)61-73(68,69)38-27-48(64(66)67)52-51(28-38)71-31-46(59-52)36-18-20-55(4,5)21-19-36/h7-8,10-11,15-16,26-30,34-36,41,46-47,59H,9,12-14,17-25,31-33H2,1-6H3,(H,58,60)(H,61,65)/t35-,41-,46-,47-/m1/s1. The number of hydrogen-bond acceptors (Lipinski definition) is 12. The molecule has 1 amide bonds. The minimum atomic E-state index is -4.73. The molecule has 73 heavy (non-hydrogen) atoms. The number of fused-ring (bicyclic) bond motifs is 2. The monoisotopic (exact) mass is 1020 g/mol. The van der Waals surface area contributed by atoms with Crippen molar-refractivity contribution >= 4 is 44.0 Å². The van der Waals surface area contributed by atoms with Gasteiger partial charge in [-0.2, -0.15) is 0 Å². The summed E-state index contributed by atoms with van der Waals surface area (Å²) in [6, 6.07) is 18.1. The van der Waals surface area contributed by atoms with Gasteiger partial charge in [0.05, 0.1) is 38.6 Å². The first-order valence-electron chi connectivity index (χ1n) is 26.3. The third-order valence-corrected chi connectivity index (χ3v) is 18.3. The number of aryl methyl sites for hydroxylation is 1. The number of benzene rings is 3. The van der Waals surface area contributed by atoms with Crippen LogP contribution < -0.4 is 24.4 Å². The highest BCUT2D eigenvalue weighted by atomic mass is 32.2. The van der Waals surface area contributed by atoms with Gasteiger partial charge in [-0.05, 0) is 129 Å². The number of aromatic amines is 1. The fraction of sp³-hybridized carbons (Fsp3) is 0.536. The zero-order chi connectivity index (χ0) is 51.4. The van der Waals surface area contributed by atoms with Crippen LogP contribution in [-0.2, 0) is 21.2 Å². The van der Waals surface area contributed by atoms with Crippen LogP contribution in [0, 0.1) is 32.7 Å². The number of carbonyl (C=O) groups is 1. The van der Waals surface area contributed by atoms with Crippen molar-refractivity contribution in [2.75, 3.05) is 50.1 Å². The molecule has 17 heteroatoms. The van der Waals surface area contributed by atoms with Crippen LogP contribution in [0.5, 0.6) is 17.2 Å². The summed E-state index contributed by atoms with van der Waals surface area (Å²) in [5.74, 6) is -0.0383. The number of rotatable bonds is 15. The number of piperidine rings is 1. The number of H-pyrrole nitrogens is 1. The van der Waals surface area contributed by atoms with Crippen molar-refractivity contribution < 1.29 is 36.7 Å². The van der Waals surface area contributed by atoms with Crippen molar-refractivity contribution in [3.8, 4) is 17.2 Å². The molecule has 3 aliphatic heterocycles. The zero-order valence-electron chi connectivity index (χ0n) is 43.0. The molecule has 390 valence electrons. The van der Waals surface area contributed by atoms with Crippen molar-refractivity contribution in [3.63, 3.8) is 0 Å². The Morgan fingerprint density at radius 2 is 1.75 bits per heavy atom. The van der Waals surface area contributed by atoms with Gasteiger partial charge in [0, 0.05) is 69.4 Å². The number of hydrogen-bond donors (Lipinski definition) is 3. The maximum atomic E-state index is 15.1. The Morgan fingerprint density at radius 1 is 1.00 bits per heavy atom. The zero-order valence-corrected chi connectivity index (χ0v) is 43.8. The first-order chi connectivity index (χ1) is 34.9. The van der Waals surface area contributed by atoms with E-state index in [1.54, 1.807) is 19.2 Å². The molecule has 2 saturated heterocycles. The average Bonchev–Trinajstić information content (AvgIpc) is 4.00. The Kier molecular flexibility index (Phi) is 14.0. The molecule has 15 nitrogen and oxygen atoms in total. The lowest BCUT2D eigenvalue weighted by atomic mass is 9.70. The number of aromatic nitrogens is 2. The van der Waals surface area contributed by atoms with Crippen LogP contribution in [0.15, 0.2) is 71.8 Å². The van der Waals surface area contributed by atoms with E-state index in [1.807, 2.05) is 6.92 Å². The lowest BCUT2D eigenvalue weighted by molar-refractivity contribution is -0.384. The van der Waals surface area contributed by atoms with Crippen LogP contribution in [0.25, 0.3) is 11.0 Å². The first kappa shape index (κ1) is 50.7. The summed E-state index contributed by atoms with van der Waals surface area (Å²) in [6.07, 6.45) is 11.6. The molecular formula is C56H70FN7O8S. The number of pyridine rings is 1. The highest BCUT2D eigenvalue weighted by Crippen LogP contribution is 2.50. The van der Waals surface area contributed by atoms with Crippen molar-refractivity contribution in [1.29, 1.82) is 0 Å². The fourth-order valence-corrected chi connectivity index (χ4v) is 13.4. The van der Waals surface area contributed by atoms with E-state index in [2.05, 4.69) is 76.8 Å². The third kappa shape index (κ3) is 10.4. The van der Waals surface area contributed by atoms with Gasteiger partial charge in [0.1, 0.15) is 29.6 Å². The summed E-state index contributed by atoms with van der Waals surface area (Å²) in [5, 5.41) is 16.0. The molecule has 3 N–H and O–H groups in total. The smallest absolute Gasteiger partial charge is 0.297 e. The van der Waals surface area contributed by atoms with Crippen molar-refractivity contribution in [3.05, 3.63) is 105 Å². The van der Waals surface area contributed by atoms with Crippen LogP contribution >= 0.6 is 0 Å². The lowest BCUT2D eigenvalue weighted by Gasteiger charge is -2.57. The molecule has 5 aromatic rings. The molecule has 4 fully saturated rings. The summed E-state index contributed by atoms with van der Waals surface area (Å²) < 4.78 is 63.9. The van der Waals surface area contributed by atoms with Gasteiger partial charge in [0.25, 0.3) is 21.6 Å². The maximum Gasteiger partial charge on any atom is 0.297 e. The molecule has 2 aliphatic carbocycles. The van der Waals surface area contributed by atoms with Crippen LogP contribution in [0.4, 0.5) is 21.5 Å². The number of ether oxygens (including phenoxy) is 3. The van der Waals surface area contributed by atoms with Gasteiger partial charge >= 0.3 is 0 Å². The number of methoxy groups -OCH3 is 1. The second-order valence-corrected chi connectivity index (χ2v) is 24.4. The third-order valence-electron chi connectivity index (χ3n) is 17.0. The maximum absolute atomic E-state index is 15.1. The number of anilines is 2. The van der Waals surface area contributed by atoms with E-state index in [4.69, 9.17) is 19.2 Å². The predicted molar refractivity (Wildman–Crippen MR) is 280 cm³/mol. The molecule has 10 rings (SSSR count). The normalized spacial score (nSPS) is 22.4.